The minimum absolute atomic E-state index is 0.202. The molecule has 0 saturated carbocycles. The second-order valence-corrected chi connectivity index (χ2v) is 6.19. The van der Waals surface area contributed by atoms with E-state index in [-0.39, 0.29) is 17.9 Å². The maximum absolute atomic E-state index is 11.8. The van der Waals surface area contributed by atoms with Gasteiger partial charge in [-0.2, -0.15) is 0 Å². The van der Waals surface area contributed by atoms with Crippen molar-refractivity contribution in [1.29, 1.82) is 0 Å². The maximum Gasteiger partial charge on any atom is 0.249 e. The van der Waals surface area contributed by atoms with Crippen LogP contribution in [0.5, 0.6) is 5.75 Å². The van der Waals surface area contributed by atoms with E-state index in [0.717, 1.165) is 36.8 Å². The molecule has 4 rings (SSSR count). The van der Waals surface area contributed by atoms with Crippen molar-refractivity contribution in [3.05, 3.63) is 18.2 Å². The summed E-state index contributed by atoms with van der Waals surface area (Å²) in [6.45, 7) is 3.56. The van der Waals surface area contributed by atoms with Gasteiger partial charge < -0.3 is 20.3 Å². The molecule has 0 aromatic heterocycles. The summed E-state index contributed by atoms with van der Waals surface area (Å²) in [5.41, 5.74) is 1.95. The van der Waals surface area contributed by atoms with Gasteiger partial charge in [0.25, 0.3) is 0 Å². The van der Waals surface area contributed by atoms with Crippen LogP contribution in [0.3, 0.4) is 0 Å². The van der Waals surface area contributed by atoms with Crippen molar-refractivity contribution in [2.45, 2.75) is 24.9 Å². The zero-order chi connectivity index (χ0) is 15.8. The number of piperidine rings is 1. The van der Waals surface area contributed by atoms with E-state index in [1.807, 2.05) is 18.2 Å². The number of imide groups is 1. The van der Waals surface area contributed by atoms with E-state index in [0.29, 0.717) is 25.5 Å². The van der Waals surface area contributed by atoms with E-state index in [1.165, 1.54) is 0 Å². The number of amides is 2. The van der Waals surface area contributed by atoms with Gasteiger partial charge in [0.15, 0.2) is 0 Å². The Morgan fingerprint density at radius 2 is 2.22 bits per heavy atom. The van der Waals surface area contributed by atoms with Crippen LogP contribution in [0.15, 0.2) is 18.2 Å². The third-order valence-corrected chi connectivity index (χ3v) is 4.63. The molecule has 3 heterocycles. The van der Waals surface area contributed by atoms with Gasteiger partial charge in [0.1, 0.15) is 18.4 Å². The number of benzene rings is 1. The van der Waals surface area contributed by atoms with Gasteiger partial charge >= 0.3 is 0 Å². The van der Waals surface area contributed by atoms with Crippen LogP contribution in [0.25, 0.3) is 0 Å². The number of nitrogens with zero attached hydrogens (tertiary/aromatic N) is 1. The highest BCUT2D eigenvalue weighted by molar-refractivity contribution is 6.01. The number of carbonyl (C=O) groups excluding carboxylic acids is 2. The van der Waals surface area contributed by atoms with E-state index >= 15 is 0 Å². The van der Waals surface area contributed by atoms with Crippen LogP contribution < -0.4 is 25.6 Å². The zero-order valence-electron chi connectivity index (χ0n) is 12.8. The highest BCUT2D eigenvalue weighted by atomic mass is 16.5. The lowest BCUT2D eigenvalue weighted by Crippen LogP contribution is -2.55. The smallest absolute Gasteiger partial charge is 0.249 e. The fourth-order valence-electron chi connectivity index (χ4n) is 3.40. The average Bonchev–Trinajstić information content (AvgIpc) is 2.57. The van der Waals surface area contributed by atoms with E-state index in [1.54, 1.807) is 0 Å². The lowest BCUT2D eigenvalue weighted by molar-refractivity contribution is -0.133. The number of carbonyl (C=O) groups is 2. The Hall–Kier alpha value is -2.28. The third kappa shape index (κ3) is 2.72. The molecule has 2 fully saturated rings. The minimum Gasteiger partial charge on any atom is -0.489 e. The Labute approximate surface area is 134 Å². The van der Waals surface area contributed by atoms with Crippen LogP contribution in [0.4, 0.5) is 11.4 Å². The topological polar surface area (TPSA) is 82.7 Å². The first-order chi connectivity index (χ1) is 11.2. The van der Waals surface area contributed by atoms with Gasteiger partial charge in [-0.1, -0.05) is 0 Å². The molecular weight excluding hydrogens is 296 g/mol. The normalized spacial score (nSPS) is 26.7. The lowest BCUT2D eigenvalue weighted by atomic mass is 10.1. The number of anilines is 2. The molecule has 2 saturated heterocycles. The Morgan fingerprint density at radius 3 is 3.09 bits per heavy atom. The Bertz CT molecular complexity index is 648. The molecular formula is C16H20N4O3. The summed E-state index contributed by atoms with van der Waals surface area (Å²) in [5, 5.41) is 8.94. The van der Waals surface area contributed by atoms with Crippen LogP contribution in [0.2, 0.25) is 0 Å². The van der Waals surface area contributed by atoms with Crippen LogP contribution >= 0.6 is 0 Å². The number of rotatable bonds is 2. The van der Waals surface area contributed by atoms with Crippen molar-refractivity contribution in [3.63, 3.8) is 0 Å². The van der Waals surface area contributed by atoms with Crippen LogP contribution in [-0.4, -0.2) is 50.1 Å². The van der Waals surface area contributed by atoms with Crippen molar-refractivity contribution in [3.8, 4) is 5.75 Å². The summed E-state index contributed by atoms with van der Waals surface area (Å²) in [4.78, 5) is 25.4. The quantitative estimate of drug-likeness (QED) is 0.670. The second kappa shape index (κ2) is 5.73. The van der Waals surface area contributed by atoms with Crippen LogP contribution in [0.1, 0.15) is 12.8 Å². The van der Waals surface area contributed by atoms with Crippen molar-refractivity contribution in [1.82, 2.24) is 10.6 Å². The van der Waals surface area contributed by atoms with E-state index in [9.17, 15) is 9.59 Å². The van der Waals surface area contributed by atoms with Gasteiger partial charge in [0.2, 0.25) is 11.8 Å². The van der Waals surface area contributed by atoms with Gasteiger partial charge in [0.05, 0.1) is 11.7 Å². The van der Waals surface area contributed by atoms with Gasteiger partial charge in [-0.3, -0.25) is 14.9 Å². The van der Waals surface area contributed by atoms with Crippen LogP contribution in [-0.2, 0) is 9.59 Å². The number of hydrogen-bond acceptors (Lipinski definition) is 6. The van der Waals surface area contributed by atoms with Gasteiger partial charge in [-0.15, -0.1) is 0 Å². The van der Waals surface area contributed by atoms with Crippen LogP contribution in [0, 0.1) is 0 Å². The Morgan fingerprint density at radius 1 is 1.30 bits per heavy atom. The van der Waals surface area contributed by atoms with Crippen molar-refractivity contribution in [2.24, 2.45) is 0 Å². The zero-order valence-corrected chi connectivity index (χ0v) is 12.8. The molecule has 0 spiro atoms. The van der Waals surface area contributed by atoms with Gasteiger partial charge in [-0.05, 0) is 18.6 Å². The van der Waals surface area contributed by atoms with E-state index < -0.39 is 0 Å². The summed E-state index contributed by atoms with van der Waals surface area (Å²) < 4.78 is 5.89. The summed E-state index contributed by atoms with van der Waals surface area (Å²) >= 11 is 0. The first kappa shape index (κ1) is 14.3. The lowest BCUT2D eigenvalue weighted by Gasteiger charge is -2.42. The van der Waals surface area contributed by atoms with E-state index in [2.05, 4.69) is 20.9 Å². The first-order valence-electron chi connectivity index (χ1n) is 8.05. The maximum atomic E-state index is 11.8. The van der Waals surface area contributed by atoms with Crippen molar-refractivity contribution >= 4 is 23.2 Å². The monoisotopic (exact) mass is 316 g/mol. The molecule has 0 aliphatic carbocycles. The number of piperazine rings is 1. The number of ether oxygens (including phenoxy) is 1. The van der Waals surface area contributed by atoms with Gasteiger partial charge in [-0.25, -0.2) is 0 Å². The highest BCUT2D eigenvalue weighted by Gasteiger charge is 2.30. The largest absolute Gasteiger partial charge is 0.489 e. The molecule has 1 aromatic carbocycles. The number of fused-ring (bicyclic) bond motifs is 3. The molecule has 3 aliphatic heterocycles. The molecule has 122 valence electrons. The summed E-state index contributed by atoms with van der Waals surface area (Å²) in [6.07, 6.45) is 0.885. The fraction of sp³-hybridized carbons (Fsp3) is 0.500. The Balaban J connectivity index is 1.51. The van der Waals surface area contributed by atoms with Crippen molar-refractivity contribution < 1.29 is 14.3 Å². The summed E-state index contributed by atoms with van der Waals surface area (Å²) in [5.74, 6) is 0.383. The molecule has 23 heavy (non-hydrogen) atoms. The molecule has 7 nitrogen and oxygen atoms in total. The molecule has 2 amide bonds. The SMILES string of the molecule is O=C1CCC(Nc2ccc3c(c2)OC[C@@H]2CNCCN32)C(=O)N1. The predicted octanol–water partition coefficient (Wildman–Crippen LogP) is 0.0743. The average molecular weight is 316 g/mol. The standard InChI is InChI=1S/C16H20N4O3/c21-15-4-2-12(16(22)19-15)18-10-1-3-13-14(7-10)23-9-11-8-17-5-6-20(11)13/h1,3,7,11-12,17-18H,2,4-6,8-9H2,(H,19,21,22)/t11-,12?/m0/s1. The molecule has 2 atom stereocenters. The fourth-order valence-corrected chi connectivity index (χ4v) is 3.40. The molecule has 0 radical (unpaired) electrons. The third-order valence-electron chi connectivity index (χ3n) is 4.63. The predicted molar refractivity (Wildman–Crippen MR) is 85.7 cm³/mol. The molecule has 1 aromatic rings. The number of hydrogen-bond donors (Lipinski definition) is 3. The van der Waals surface area contributed by atoms with Crippen molar-refractivity contribution in [2.75, 3.05) is 36.5 Å². The molecule has 7 heteroatoms. The highest BCUT2D eigenvalue weighted by Crippen LogP contribution is 2.36. The molecule has 0 bridgehead atoms. The first-order valence-corrected chi connectivity index (χ1v) is 8.05. The second-order valence-electron chi connectivity index (χ2n) is 6.19. The minimum atomic E-state index is -0.374. The summed E-state index contributed by atoms with van der Waals surface area (Å²) in [7, 11) is 0. The molecule has 3 N–H and O–H groups in total. The number of nitrogens with one attached hydrogen (secondary N) is 3. The van der Waals surface area contributed by atoms with E-state index in [4.69, 9.17) is 4.74 Å². The molecule has 1 unspecified atom stereocenters. The molecule has 3 aliphatic rings. The Kier molecular flexibility index (Phi) is 3.57. The summed E-state index contributed by atoms with van der Waals surface area (Å²) in [6, 6.07) is 5.96. The van der Waals surface area contributed by atoms with Gasteiger partial charge in [0, 0.05) is 37.8 Å².